The van der Waals surface area contributed by atoms with E-state index < -0.39 is 11.3 Å². The van der Waals surface area contributed by atoms with Crippen molar-refractivity contribution in [3.63, 3.8) is 0 Å². The molecule has 1 heterocycles. The van der Waals surface area contributed by atoms with E-state index in [4.69, 9.17) is 11.6 Å². The summed E-state index contributed by atoms with van der Waals surface area (Å²) in [5, 5.41) is 0. The molecule has 1 aromatic carbocycles. The van der Waals surface area contributed by atoms with Gasteiger partial charge in [-0.2, -0.15) is 0 Å². The number of carbonyl (C=O) groups excluding carboxylic acids is 1. The monoisotopic (exact) mass is 343 g/mol. The Morgan fingerprint density at radius 2 is 2.05 bits per heavy atom. The second-order valence-electron chi connectivity index (χ2n) is 4.82. The van der Waals surface area contributed by atoms with Crippen molar-refractivity contribution in [1.82, 2.24) is 0 Å². The highest BCUT2D eigenvalue weighted by atomic mass is 79.9. The molecule has 0 fully saturated rings. The van der Waals surface area contributed by atoms with E-state index in [1.54, 1.807) is 12.1 Å². The maximum Gasteiger partial charge on any atom is 0.255 e. The predicted octanol–water partition coefficient (Wildman–Crippen LogP) is 4.37. The van der Waals surface area contributed by atoms with Gasteiger partial charge in [-0.1, -0.05) is 27.5 Å². The van der Waals surface area contributed by atoms with Gasteiger partial charge in [0.2, 0.25) is 0 Å². The number of alkyl halides is 1. The molecule has 0 aromatic heterocycles. The van der Waals surface area contributed by atoms with Crippen molar-refractivity contribution in [3.05, 3.63) is 39.6 Å². The molecule has 0 bridgehead atoms. The number of hydrogen-bond acceptors (Lipinski definition) is 1. The summed E-state index contributed by atoms with van der Waals surface area (Å²) in [4.78, 5) is 13.8. The number of halogens is 3. The zero-order chi connectivity index (χ0) is 13.6. The van der Waals surface area contributed by atoms with Crippen LogP contribution in [0.25, 0.3) is 0 Å². The molecule has 19 heavy (non-hydrogen) atoms. The zero-order valence-electron chi connectivity index (χ0n) is 10.1. The number of carbonyl (C=O) groups is 1. The smallest absolute Gasteiger partial charge is 0.255 e. The van der Waals surface area contributed by atoms with Gasteiger partial charge in [0.15, 0.2) is 0 Å². The van der Waals surface area contributed by atoms with Gasteiger partial charge in [0, 0.05) is 10.0 Å². The Bertz CT molecular complexity index is 587. The number of nitrogens with zero attached hydrogens (tertiary/aromatic N) is 1. The first-order valence-corrected chi connectivity index (χ1v) is 7.47. The second-order valence-corrected chi connectivity index (χ2v) is 6.15. The van der Waals surface area contributed by atoms with E-state index in [1.165, 1.54) is 11.0 Å². The first-order chi connectivity index (χ1) is 9.09. The average molecular weight is 345 g/mol. The van der Waals surface area contributed by atoms with Crippen LogP contribution in [0.2, 0.25) is 0 Å². The lowest BCUT2D eigenvalue weighted by molar-refractivity contribution is -0.114. The van der Waals surface area contributed by atoms with E-state index in [2.05, 4.69) is 15.9 Å². The molecule has 2 aliphatic rings. The summed E-state index contributed by atoms with van der Waals surface area (Å²) in [5.41, 5.74) is 1.47. The Morgan fingerprint density at radius 1 is 1.32 bits per heavy atom. The van der Waals surface area contributed by atoms with Crippen LogP contribution in [-0.2, 0) is 4.79 Å². The maximum absolute atomic E-state index is 14.0. The minimum absolute atomic E-state index is 0.143. The van der Waals surface area contributed by atoms with Gasteiger partial charge < -0.3 is 0 Å². The Morgan fingerprint density at radius 3 is 2.74 bits per heavy atom. The quantitative estimate of drug-likeness (QED) is 0.547. The zero-order valence-corrected chi connectivity index (χ0v) is 12.5. The van der Waals surface area contributed by atoms with E-state index in [-0.39, 0.29) is 11.6 Å². The van der Waals surface area contributed by atoms with Crippen molar-refractivity contribution in [3.8, 4) is 0 Å². The highest BCUT2D eigenvalue weighted by molar-refractivity contribution is 9.10. The lowest BCUT2D eigenvalue weighted by Gasteiger charge is -2.22. The standard InChI is InChI=1S/C14H12BrClFNO/c15-8-5-6-12(11(17)7-8)18-13(16)9-3-1-2-4-10(9)14(18)19/h5-7,13H,1-4H2. The van der Waals surface area contributed by atoms with Crippen molar-refractivity contribution in [2.75, 3.05) is 4.90 Å². The second kappa shape index (κ2) is 4.91. The Balaban J connectivity index is 2.01. The maximum atomic E-state index is 14.0. The molecule has 1 unspecified atom stereocenters. The summed E-state index contributed by atoms with van der Waals surface area (Å²) in [5.74, 6) is -0.579. The number of amides is 1. The van der Waals surface area contributed by atoms with Crippen LogP contribution < -0.4 is 4.90 Å². The number of hydrogen-bond donors (Lipinski definition) is 0. The van der Waals surface area contributed by atoms with Crippen LogP contribution in [-0.4, -0.2) is 11.4 Å². The van der Waals surface area contributed by atoms with Gasteiger partial charge in [0.25, 0.3) is 5.91 Å². The van der Waals surface area contributed by atoms with E-state index in [0.29, 0.717) is 4.47 Å². The molecule has 100 valence electrons. The number of benzene rings is 1. The molecule has 0 spiro atoms. The van der Waals surface area contributed by atoms with Gasteiger partial charge >= 0.3 is 0 Å². The van der Waals surface area contributed by atoms with Crippen molar-refractivity contribution in [2.45, 2.75) is 31.2 Å². The highest BCUT2D eigenvalue weighted by Crippen LogP contribution is 2.41. The molecule has 0 radical (unpaired) electrons. The molecule has 1 aromatic rings. The molecule has 1 aliphatic heterocycles. The Kier molecular flexibility index (Phi) is 3.39. The van der Waals surface area contributed by atoms with Crippen LogP contribution in [0.15, 0.2) is 33.8 Å². The molecular weight excluding hydrogens is 333 g/mol. The van der Waals surface area contributed by atoms with Crippen molar-refractivity contribution < 1.29 is 9.18 Å². The topological polar surface area (TPSA) is 20.3 Å². The molecular formula is C14H12BrClFNO. The third-order valence-electron chi connectivity index (χ3n) is 3.67. The van der Waals surface area contributed by atoms with Crippen LogP contribution in [0.1, 0.15) is 25.7 Å². The van der Waals surface area contributed by atoms with Gasteiger partial charge in [0.05, 0.1) is 5.69 Å². The average Bonchev–Trinajstić information content (AvgIpc) is 2.64. The minimum Gasteiger partial charge on any atom is -0.285 e. The fourth-order valence-electron chi connectivity index (χ4n) is 2.75. The first kappa shape index (κ1) is 13.1. The fraction of sp³-hybridized carbons (Fsp3) is 0.357. The van der Waals surface area contributed by atoms with Crippen LogP contribution in [0.4, 0.5) is 10.1 Å². The van der Waals surface area contributed by atoms with Gasteiger partial charge in [-0.3, -0.25) is 9.69 Å². The van der Waals surface area contributed by atoms with Crippen LogP contribution in [0.3, 0.4) is 0 Å². The van der Waals surface area contributed by atoms with Gasteiger partial charge in [0.1, 0.15) is 11.3 Å². The van der Waals surface area contributed by atoms with E-state index in [0.717, 1.165) is 36.8 Å². The minimum atomic E-state index is -0.543. The van der Waals surface area contributed by atoms with Crippen molar-refractivity contribution in [2.24, 2.45) is 0 Å². The van der Waals surface area contributed by atoms with Gasteiger partial charge in [-0.05, 0) is 49.5 Å². The summed E-state index contributed by atoms with van der Waals surface area (Å²) in [6, 6.07) is 4.65. The van der Waals surface area contributed by atoms with Crippen LogP contribution >= 0.6 is 27.5 Å². The van der Waals surface area contributed by atoms with Crippen molar-refractivity contribution >= 4 is 39.1 Å². The SMILES string of the molecule is O=C1C2=C(CCCC2)C(Cl)N1c1ccc(Br)cc1F. The summed E-state index contributed by atoms with van der Waals surface area (Å²) < 4.78 is 14.7. The normalized spacial score (nSPS) is 23.0. The summed E-state index contributed by atoms with van der Waals surface area (Å²) in [6.45, 7) is 0. The number of rotatable bonds is 1. The lowest BCUT2D eigenvalue weighted by atomic mass is 9.94. The largest absolute Gasteiger partial charge is 0.285 e. The van der Waals surface area contributed by atoms with Crippen molar-refractivity contribution in [1.29, 1.82) is 0 Å². The summed E-state index contributed by atoms with van der Waals surface area (Å²) >= 11 is 9.57. The third kappa shape index (κ3) is 2.11. The highest BCUT2D eigenvalue weighted by Gasteiger charge is 2.40. The van der Waals surface area contributed by atoms with E-state index >= 15 is 0 Å². The number of anilines is 1. The summed E-state index contributed by atoms with van der Waals surface area (Å²) in [7, 11) is 0. The lowest BCUT2D eigenvalue weighted by Crippen LogP contribution is -2.32. The molecule has 2 nitrogen and oxygen atoms in total. The van der Waals surface area contributed by atoms with Gasteiger partial charge in [-0.15, -0.1) is 0 Å². The molecule has 1 atom stereocenters. The molecule has 0 saturated carbocycles. The third-order valence-corrected chi connectivity index (χ3v) is 4.62. The predicted molar refractivity (Wildman–Crippen MR) is 76.7 cm³/mol. The van der Waals surface area contributed by atoms with E-state index in [1.807, 2.05) is 0 Å². The Hall–Kier alpha value is -0.870. The molecule has 0 N–H and O–H groups in total. The Labute approximate surface area is 124 Å². The molecule has 1 aliphatic carbocycles. The molecule has 0 saturated heterocycles. The molecule has 1 amide bonds. The molecule has 5 heteroatoms. The molecule has 3 rings (SSSR count). The van der Waals surface area contributed by atoms with Gasteiger partial charge in [-0.25, -0.2) is 4.39 Å². The summed E-state index contributed by atoms with van der Waals surface area (Å²) in [6.07, 6.45) is 3.65. The van der Waals surface area contributed by atoms with E-state index in [9.17, 15) is 9.18 Å². The fourth-order valence-corrected chi connectivity index (χ4v) is 3.52. The van der Waals surface area contributed by atoms with Crippen LogP contribution in [0.5, 0.6) is 0 Å². The van der Waals surface area contributed by atoms with Crippen LogP contribution in [0, 0.1) is 5.82 Å². The first-order valence-electron chi connectivity index (χ1n) is 6.24.